The van der Waals surface area contributed by atoms with E-state index in [0.717, 1.165) is 5.56 Å². The van der Waals surface area contributed by atoms with Gasteiger partial charge in [-0.2, -0.15) is 0 Å². The summed E-state index contributed by atoms with van der Waals surface area (Å²) in [5.41, 5.74) is 1.23. The summed E-state index contributed by atoms with van der Waals surface area (Å²) in [5, 5.41) is 0. The lowest BCUT2D eigenvalue weighted by Crippen LogP contribution is -2.27. The highest BCUT2D eigenvalue weighted by atomic mass is 79.9. The number of aromatic nitrogens is 1. The zero-order valence-electron chi connectivity index (χ0n) is 10.3. The molecule has 98 valence electrons. The number of hydrogen-bond donors (Lipinski definition) is 0. The van der Waals surface area contributed by atoms with Crippen LogP contribution in [0.5, 0.6) is 0 Å². The van der Waals surface area contributed by atoms with Crippen LogP contribution in [0.1, 0.15) is 16.1 Å². The summed E-state index contributed by atoms with van der Waals surface area (Å²) in [6.45, 7) is 0.405. The second-order valence-electron chi connectivity index (χ2n) is 4.12. The summed E-state index contributed by atoms with van der Waals surface area (Å²) in [4.78, 5) is 17.8. The molecule has 1 aromatic heterocycles. The molecular formula is C14H12BrFN2O. The minimum atomic E-state index is -0.287. The predicted molar refractivity (Wildman–Crippen MR) is 74.1 cm³/mol. The summed E-state index contributed by atoms with van der Waals surface area (Å²) in [7, 11) is 1.69. The molecule has 3 nitrogen and oxygen atoms in total. The fraction of sp³-hybridized carbons (Fsp3) is 0.143. The van der Waals surface area contributed by atoms with Crippen molar-refractivity contribution in [2.75, 3.05) is 7.05 Å². The topological polar surface area (TPSA) is 33.2 Å². The lowest BCUT2D eigenvalue weighted by Gasteiger charge is -2.17. The first-order valence-corrected chi connectivity index (χ1v) is 6.47. The molecule has 5 heteroatoms. The first-order chi connectivity index (χ1) is 9.08. The molecule has 0 aliphatic rings. The Hall–Kier alpha value is -1.75. The molecule has 0 aliphatic heterocycles. The maximum Gasteiger partial charge on any atom is 0.273 e. The second-order valence-corrected chi connectivity index (χ2v) is 4.98. The maximum atomic E-state index is 12.8. The van der Waals surface area contributed by atoms with E-state index in [0.29, 0.717) is 16.7 Å². The van der Waals surface area contributed by atoms with Crippen LogP contribution in [0.4, 0.5) is 4.39 Å². The molecule has 2 rings (SSSR count). The van der Waals surface area contributed by atoms with Gasteiger partial charge >= 0.3 is 0 Å². The van der Waals surface area contributed by atoms with Gasteiger partial charge in [0.05, 0.1) is 0 Å². The fourth-order valence-corrected chi connectivity index (χ4v) is 2.08. The third-order valence-electron chi connectivity index (χ3n) is 2.64. The Morgan fingerprint density at radius 3 is 2.63 bits per heavy atom. The molecule has 0 radical (unpaired) electrons. The van der Waals surface area contributed by atoms with Crippen LogP contribution in [0.2, 0.25) is 0 Å². The van der Waals surface area contributed by atoms with Crippen LogP contribution in [0.15, 0.2) is 47.1 Å². The predicted octanol–water partition coefficient (Wildman–Crippen LogP) is 3.26. The Morgan fingerprint density at radius 2 is 2.00 bits per heavy atom. The average molecular weight is 323 g/mol. The third kappa shape index (κ3) is 3.38. The molecule has 0 saturated carbocycles. The van der Waals surface area contributed by atoms with Crippen molar-refractivity contribution in [2.24, 2.45) is 0 Å². The largest absolute Gasteiger partial charge is 0.336 e. The van der Waals surface area contributed by atoms with Crippen molar-refractivity contribution < 1.29 is 9.18 Å². The SMILES string of the molecule is CN(Cc1ccc(F)cc1)C(=O)c1ncccc1Br. The number of halogens is 2. The highest BCUT2D eigenvalue weighted by molar-refractivity contribution is 9.10. The van der Waals surface area contributed by atoms with E-state index in [9.17, 15) is 9.18 Å². The van der Waals surface area contributed by atoms with Gasteiger partial charge in [-0.15, -0.1) is 0 Å². The standard InChI is InChI=1S/C14H12BrFN2O/c1-18(9-10-4-6-11(16)7-5-10)14(19)13-12(15)3-2-8-17-13/h2-8H,9H2,1H3. The lowest BCUT2D eigenvalue weighted by atomic mass is 10.2. The van der Waals surface area contributed by atoms with Gasteiger partial charge in [0.15, 0.2) is 0 Å². The summed E-state index contributed by atoms with van der Waals surface area (Å²) in [6.07, 6.45) is 1.57. The van der Waals surface area contributed by atoms with Crippen molar-refractivity contribution in [3.05, 3.63) is 64.1 Å². The molecule has 0 aliphatic carbocycles. The quantitative estimate of drug-likeness (QED) is 0.869. The Bertz CT molecular complexity index is 586. The molecule has 1 heterocycles. The minimum Gasteiger partial charge on any atom is -0.336 e. The molecule has 2 aromatic rings. The van der Waals surface area contributed by atoms with E-state index in [4.69, 9.17) is 0 Å². The van der Waals surface area contributed by atoms with Crippen molar-refractivity contribution in [3.63, 3.8) is 0 Å². The van der Waals surface area contributed by atoms with Gasteiger partial charge in [-0.3, -0.25) is 4.79 Å². The molecule has 0 unspecified atom stereocenters. The van der Waals surface area contributed by atoms with Gasteiger partial charge in [-0.1, -0.05) is 12.1 Å². The highest BCUT2D eigenvalue weighted by Gasteiger charge is 2.16. The smallest absolute Gasteiger partial charge is 0.273 e. The number of hydrogen-bond acceptors (Lipinski definition) is 2. The van der Waals surface area contributed by atoms with E-state index in [1.807, 2.05) is 0 Å². The molecule has 1 amide bonds. The van der Waals surface area contributed by atoms with Crippen molar-refractivity contribution in [2.45, 2.75) is 6.54 Å². The number of benzene rings is 1. The molecule has 0 saturated heterocycles. The zero-order chi connectivity index (χ0) is 13.8. The number of rotatable bonds is 3. The molecule has 0 bridgehead atoms. The Balaban J connectivity index is 2.12. The van der Waals surface area contributed by atoms with E-state index in [1.165, 1.54) is 12.1 Å². The number of pyridine rings is 1. The molecule has 0 fully saturated rings. The molecule has 0 atom stereocenters. The Labute approximate surface area is 119 Å². The van der Waals surface area contributed by atoms with Gasteiger partial charge in [-0.05, 0) is 45.8 Å². The normalized spacial score (nSPS) is 10.3. The van der Waals surface area contributed by atoms with Crippen LogP contribution in [0.25, 0.3) is 0 Å². The van der Waals surface area contributed by atoms with Crippen LogP contribution in [-0.2, 0) is 6.54 Å². The summed E-state index contributed by atoms with van der Waals surface area (Å²) < 4.78 is 13.5. The second kappa shape index (κ2) is 5.93. The van der Waals surface area contributed by atoms with Crippen LogP contribution in [0, 0.1) is 5.82 Å². The van der Waals surface area contributed by atoms with Crippen LogP contribution >= 0.6 is 15.9 Å². The highest BCUT2D eigenvalue weighted by Crippen LogP contribution is 2.16. The fourth-order valence-electron chi connectivity index (χ4n) is 1.66. The van der Waals surface area contributed by atoms with E-state index >= 15 is 0 Å². The van der Waals surface area contributed by atoms with Gasteiger partial charge in [0.25, 0.3) is 5.91 Å². The first kappa shape index (κ1) is 13.7. The number of nitrogens with zero attached hydrogens (tertiary/aromatic N) is 2. The number of amides is 1. The number of carbonyl (C=O) groups is 1. The first-order valence-electron chi connectivity index (χ1n) is 5.68. The van der Waals surface area contributed by atoms with E-state index < -0.39 is 0 Å². The van der Waals surface area contributed by atoms with Gasteiger partial charge in [-0.25, -0.2) is 9.37 Å². The van der Waals surface area contributed by atoms with Crippen molar-refractivity contribution in [1.82, 2.24) is 9.88 Å². The van der Waals surface area contributed by atoms with Gasteiger partial charge in [0, 0.05) is 24.3 Å². The minimum absolute atomic E-state index is 0.184. The van der Waals surface area contributed by atoms with Crippen molar-refractivity contribution >= 4 is 21.8 Å². The number of carbonyl (C=O) groups excluding carboxylic acids is 1. The third-order valence-corrected chi connectivity index (χ3v) is 3.28. The summed E-state index contributed by atoms with van der Waals surface area (Å²) >= 11 is 3.30. The molecule has 0 spiro atoms. The molecular weight excluding hydrogens is 311 g/mol. The Kier molecular flexibility index (Phi) is 4.27. The van der Waals surface area contributed by atoms with Crippen LogP contribution in [0.3, 0.4) is 0 Å². The monoisotopic (exact) mass is 322 g/mol. The van der Waals surface area contributed by atoms with E-state index in [-0.39, 0.29) is 11.7 Å². The lowest BCUT2D eigenvalue weighted by molar-refractivity contribution is 0.0778. The van der Waals surface area contributed by atoms with Crippen molar-refractivity contribution in [3.8, 4) is 0 Å². The van der Waals surface area contributed by atoms with Crippen LogP contribution in [-0.4, -0.2) is 22.8 Å². The average Bonchev–Trinajstić information content (AvgIpc) is 2.41. The molecule has 0 N–H and O–H groups in total. The van der Waals surface area contributed by atoms with E-state index in [1.54, 1.807) is 42.4 Å². The summed E-state index contributed by atoms with van der Waals surface area (Å²) in [5.74, 6) is -0.470. The molecule has 1 aromatic carbocycles. The van der Waals surface area contributed by atoms with E-state index in [2.05, 4.69) is 20.9 Å². The zero-order valence-corrected chi connectivity index (χ0v) is 11.9. The van der Waals surface area contributed by atoms with Gasteiger partial charge < -0.3 is 4.90 Å². The molecule has 19 heavy (non-hydrogen) atoms. The summed E-state index contributed by atoms with van der Waals surface area (Å²) in [6, 6.07) is 9.60. The van der Waals surface area contributed by atoms with Gasteiger partial charge in [0.1, 0.15) is 11.5 Å². The Morgan fingerprint density at radius 1 is 1.32 bits per heavy atom. The van der Waals surface area contributed by atoms with Crippen LogP contribution < -0.4 is 0 Å². The maximum absolute atomic E-state index is 12.8. The van der Waals surface area contributed by atoms with Gasteiger partial charge in [0.2, 0.25) is 0 Å². The van der Waals surface area contributed by atoms with Crippen molar-refractivity contribution in [1.29, 1.82) is 0 Å².